The lowest BCUT2D eigenvalue weighted by Gasteiger charge is -2.25. The van der Waals surface area contributed by atoms with Gasteiger partial charge in [-0.3, -0.25) is 4.79 Å². The Hall–Kier alpha value is -2.23. The summed E-state index contributed by atoms with van der Waals surface area (Å²) in [6.45, 7) is 0. The fraction of sp³-hybridized carbons (Fsp3) is 0.235. The van der Waals surface area contributed by atoms with Crippen molar-refractivity contribution in [3.05, 3.63) is 70.8 Å². The molecule has 1 aliphatic carbocycles. The summed E-state index contributed by atoms with van der Waals surface area (Å²) in [7, 11) is 0. The number of amides is 1. The molecule has 2 nitrogen and oxygen atoms in total. The van der Waals surface area contributed by atoms with Crippen molar-refractivity contribution in [1.29, 1.82) is 0 Å². The minimum atomic E-state index is -0.830. The summed E-state index contributed by atoms with van der Waals surface area (Å²) in [4.78, 5) is 12.1. The lowest BCUT2D eigenvalue weighted by molar-refractivity contribution is 0.0925. The normalized spacial score (nSPS) is 17.1. The van der Waals surface area contributed by atoms with Crippen molar-refractivity contribution >= 4 is 5.91 Å². The molecule has 21 heavy (non-hydrogen) atoms. The Morgan fingerprint density at radius 2 is 1.67 bits per heavy atom. The summed E-state index contributed by atoms with van der Waals surface area (Å²) in [5.41, 5.74) is 1.96. The molecule has 1 amide bonds. The number of hydrogen-bond acceptors (Lipinski definition) is 1. The van der Waals surface area contributed by atoms with Crippen LogP contribution in [0.2, 0.25) is 0 Å². The molecule has 0 spiro atoms. The van der Waals surface area contributed by atoms with Crippen LogP contribution in [0.3, 0.4) is 0 Å². The second-order valence-corrected chi connectivity index (χ2v) is 5.28. The van der Waals surface area contributed by atoms with E-state index in [0.29, 0.717) is 6.42 Å². The van der Waals surface area contributed by atoms with E-state index in [1.807, 2.05) is 18.2 Å². The molecular formula is C17H15F2NO. The molecular weight excluding hydrogens is 272 g/mol. The largest absolute Gasteiger partial charge is 0.349 e. The van der Waals surface area contributed by atoms with Crippen LogP contribution in [0.25, 0.3) is 0 Å². The molecule has 108 valence electrons. The predicted octanol–water partition coefficient (Wildman–Crippen LogP) is 3.25. The number of hydrogen-bond donors (Lipinski definition) is 1. The van der Waals surface area contributed by atoms with Gasteiger partial charge in [-0.05, 0) is 42.5 Å². The van der Waals surface area contributed by atoms with Crippen LogP contribution in [-0.2, 0) is 12.8 Å². The van der Waals surface area contributed by atoms with E-state index in [0.717, 1.165) is 25.0 Å². The van der Waals surface area contributed by atoms with Crippen molar-refractivity contribution in [3.63, 3.8) is 0 Å². The molecule has 0 bridgehead atoms. The van der Waals surface area contributed by atoms with Crippen LogP contribution >= 0.6 is 0 Å². The molecule has 0 heterocycles. The Balaban J connectivity index is 1.75. The highest BCUT2D eigenvalue weighted by Crippen LogP contribution is 2.21. The van der Waals surface area contributed by atoms with Crippen molar-refractivity contribution < 1.29 is 13.6 Å². The van der Waals surface area contributed by atoms with E-state index in [1.54, 1.807) is 0 Å². The quantitative estimate of drug-likeness (QED) is 0.902. The fourth-order valence-corrected chi connectivity index (χ4v) is 2.79. The Morgan fingerprint density at radius 3 is 2.38 bits per heavy atom. The van der Waals surface area contributed by atoms with Gasteiger partial charge in [-0.15, -0.1) is 0 Å². The van der Waals surface area contributed by atoms with E-state index in [4.69, 9.17) is 0 Å². The monoisotopic (exact) mass is 287 g/mol. The Morgan fingerprint density at radius 1 is 1.00 bits per heavy atom. The SMILES string of the molecule is O=C(NC1CCc2ccccc2C1)c1c(F)cccc1F. The molecule has 0 saturated heterocycles. The van der Waals surface area contributed by atoms with Crippen molar-refractivity contribution in [2.24, 2.45) is 0 Å². The van der Waals surface area contributed by atoms with Gasteiger partial charge in [0.1, 0.15) is 17.2 Å². The third-order valence-electron chi connectivity index (χ3n) is 3.87. The average molecular weight is 287 g/mol. The average Bonchev–Trinajstić information content (AvgIpc) is 2.47. The second kappa shape index (κ2) is 5.64. The summed E-state index contributed by atoms with van der Waals surface area (Å²) in [5, 5.41) is 2.74. The van der Waals surface area contributed by atoms with Crippen molar-refractivity contribution in [1.82, 2.24) is 5.32 Å². The molecule has 0 saturated carbocycles. The zero-order valence-corrected chi connectivity index (χ0v) is 11.4. The number of benzene rings is 2. The number of carbonyl (C=O) groups is 1. The molecule has 1 atom stereocenters. The molecule has 0 aliphatic heterocycles. The predicted molar refractivity (Wildman–Crippen MR) is 76.1 cm³/mol. The first-order valence-electron chi connectivity index (χ1n) is 6.97. The highest BCUT2D eigenvalue weighted by atomic mass is 19.1. The van der Waals surface area contributed by atoms with E-state index in [-0.39, 0.29) is 6.04 Å². The van der Waals surface area contributed by atoms with Gasteiger partial charge in [0.15, 0.2) is 0 Å². The Labute approximate surface area is 121 Å². The van der Waals surface area contributed by atoms with Crippen LogP contribution in [-0.4, -0.2) is 11.9 Å². The summed E-state index contributed by atoms with van der Waals surface area (Å²) in [6.07, 6.45) is 2.33. The van der Waals surface area contributed by atoms with Gasteiger partial charge in [-0.25, -0.2) is 8.78 Å². The first-order chi connectivity index (χ1) is 10.1. The summed E-state index contributed by atoms with van der Waals surface area (Å²) < 4.78 is 27.2. The fourth-order valence-electron chi connectivity index (χ4n) is 2.79. The first-order valence-corrected chi connectivity index (χ1v) is 6.97. The van der Waals surface area contributed by atoms with Crippen LogP contribution in [0.1, 0.15) is 27.9 Å². The van der Waals surface area contributed by atoms with Crippen molar-refractivity contribution in [3.8, 4) is 0 Å². The maximum atomic E-state index is 13.6. The molecule has 0 fully saturated rings. The van der Waals surface area contributed by atoms with Crippen LogP contribution in [0.5, 0.6) is 0 Å². The van der Waals surface area contributed by atoms with Crippen LogP contribution in [0, 0.1) is 11.6 Å². The highest BCUT2D eigenvalue weighted by Gasteiger charge is 2.23. The number of carbonyl (C=O) groups excluding carboxylic acids is 1. The van der Waals surface area contributed by atoms with Gasteiger partial charge >= 0.3 is 0 Å². The van der Waals surface area contributed by atoms with E-state index < -0.39 is 23.1 Å². The van der Waals surface area contributed by atoms with Gasteiger partial charge in [0.2, 0.25) is 0 Å². The van der Waals surface area contributed by atoms with Crippen molar-refractivity contribution in [2.75, 3.05) is 0 Å². The Kier molecular flexibility index (Phi) is 3.69. The number of rotatable bonds is 2. The van der Waals surface area contributed by atoms with E-state index in [2.05, 4.69) is 11.4 Å². The van der Waals surface area contributed by atoms with Crippen LogP contribution < -0.4 is 5.32 Å². The smallest absolute Gasteiger partial charge is 0.257 e. The topological polar surface area (TPSA) is 29.1 Å². The van der Waals surface area contributed by atoms with Gasteiger partial charge < -0.3 is 5.32 Å². The maximum Gasteiger partial charge on any atom is 0.257 e. The minimum Gasteiger partial charge on any atom is -0.349 e. The molecule has 2 aromatic rings. The number of nitrogens with one attached hydrogen (secondary N) is 1. The minimum absolute atomic E-state index is 0.0913. The molecule has 0 radical (unpaired) electrons. The number of fused-ring (bicyclic) bond motifs is 1. The van der Waals surface area contributed by atoms with Gasteiger partial charge in [-0.1, -0.05) is 30.3 Å². The second-order valence-electron chi connectivity index (χ2n) is 5.28. The zero-order chi connectivity index (χ0) is 14.8. The molecule has 3 rings (SSSR count). The molecule has 1 unspecified atom stereocenters. The standard InChI is InChI=1S/C17H15F2NO/c18-14-6-3-7-15(19)16(14)17(21)20-13-9-8-11-4-1-2-5-12(11)10-13/h1-7,13H,8-10H2,(H,20,21). The van der Waals surface area contributed by atoms with Gasteiger partial charge in [-0.2, -0.15) is 0 Å². The molecule has 4 heteroatoms. The zero-order valence-electron chi connectivity index (χ0n) is 11.4. The molecule has 1 aliphatic rings. The van der Waals surface area contributed by atoms with E-state index in [1.165, 1.54) is 17.2 Å². The van der Waals surface area contributed by atoms with Gasteiger partial charge in [0.05, 0.1) is 0 Å². The number of halogens is 2. The molecule has 2 aromatic carbocycles. The van der Waals surface area contributed by atoms with Gasteiger partial charge in [0.25, 0.3) is 5.91 Å². The summed E-state index contributed by atoms with van der Waals surface area (Å²) >= 11 is 0. The highest BCUT2D eigenvalue weighted by molar-refractivity contribution is 5.95. The number of aryl methyl sites for hydroxylation is 1. The third kappa shape index (κ3) is 2.79. The maximum absolute atomic E-state index is 13.6. The molecule has 0 aromatic heterocycles. The Bertz CT molecular complexity index is 664. The summed E-state index contributed by atoms with van der Waals surface area (Å²) in [5.74, 6) is -2.34. The van der Waals surface area contributed by atoms with E-state index >= 15 is 0 Å². The summed E-state index contributed by atoms with van der Waals surface area (Å²) in [6, 6.07) is 11.4. The van der Waals surface area contributed by atoms with Crippen molar-refractivity contribution in [2.45, 2.75) is 25.3 Å². The lowest BCUT2D eigenvalue weighted by Crippen LogP contribution is -2.39. The first kappa shape index (κ1) is 13.7. The molecule has 1 N–H and O–H groups in total. The van der Waals surface area contributed by atoms with Crippen LogP contribution in [0.15, 0.2) is 42.5 Å². The lowest BCUT2D eigenvalue weighted by atomic mass is 9.88. The third-order valence-corrected chi connectivity index (χ3v) is 3.87. The van der Waals surface area contributed by atoms with Gasteiger partial charge in [0, 0.05) is 6.04 Å². The van der Waals surface area contributed by atoms with Crippen LogP contribution in [0.4, 0.5) is 8.78 Å². The van der Waals surface area contributed by atoms with E-state index in [9.17, 15) is 13.6 Å².